The molecule has 8 heteroatoms. The number of fused-ring (bicyclic) bond motifs is 1. The second-order valence-corrected chi connectivity index (χ2v) is 9.38. The van der Waals surface area contributed by atoms with Crippen LogP contribution < -0.4 is 0 Å². The van der Waals surface area contributed by atoms with Crippen LogP contribution in [0.3, 0.4) is 0 Å². The van der Waals surface area contributed by atoms with Gasteiger partial charge in [0.25, 0.3) is 5.91 Å². The van der Waals surface area contributed by atoms with Crippen molar-refractivity contribution in [2.75, 3.05) is 26.2 Å². The van der Waals surface area contributed by atoms with E-state index < -0.39 is 10.0 Å². The normalized spacial score (nSPS) is 15.7. The first-order chi connectivity index (χ1) is 13.5. The first-order valence-corrected chi connectivity index (χ1v) is 11.1. The summed E-state index contributed by atoms with van der Waals surface area (Å²) < 4.78 is 27.9. The van der Waals surface area contributed by atoms with Crippen LogP contribution in [0.4, 0.5) is 0 Å². The highest BCUT2D eigenvalue weighted by Crippen LogP contribution is 2.23. The van der Waals surface area contributed by atoms with Crippen LogP contribution in [0.2, 0.25) is 0 Å². The zero-order valence-electron chi connectivity index (χ0n) is 15.0. The first kappa shape index (κ1) is 19.0. The number of amides is 1. The second kappa shape index (κ2) is 7.62. The fourth-order valence-electron chi connectivity index (χ4n) is 3.36. The van der Waals surface area contributed by atoms with Crippen molar-refractivity contribution >= 4 is 42.8 Å². The zero-order chi connectivity index (χ0) is 19.7. The lowest BCUT2D eigenvalue weighted by Crippen LogP contribution is -2.50. The van der Waals surface area contributed by atoms with Gasteiger partial charge in [-0.2, -0.15) is 4.31 Å². The van der Waals surface area contributed by atoms with Crippen molar-refractivity contribution in [2.24, 2.45) is 0 Å². The third-order valence-corrected chi connectivity index (χ3v) is 7.23. The molecule has 1 saturated heterocycles. The maximum Gasteiger partial charge on any atom is 0.254 e. The van der Waals surface area contributed by atoms with Crippen LogP contribution in [-0.4, -0.2) is 54.7 Å². The minimum Gasteiger partial charge on any atom is -0.336 e. The molecule has 1 aliphatic heterocycles. The molecular formula is C20H18BrN3O3S. The van der Waals surface area contributed by atoms with Gasteiger partial charge in [0, 0.05) is 42.2 Å². The van der Waals surface area contributed by atoms with Gasteiger partial charge in [0.05, 0.1) is 16.0 Å². The first-order valence-electron chi connectivity index (χ1n) is 8.85. The lowest BCUT2D eigenvalue weighted by molar-refractivity contribution is 0.0700. The summed E-state index contributed by atoms with van der Waals surface area (Å²) in [7, 11) is -3.58. The third kappa shape index (κ3) is 3.55. The number of carbonyl (C=O) groups excluding carboxylic acids is 1. The number of sulfonamides is 1. The van der Waals surface area contributed by atoms with Crippen molar-refractivity contribution < 1.29 is 13.2 Å². The van der Waals surface area contributed by atoms with Crippen LogP contribution in [-0.2, 0) is 10.0 Å². The van der Waals surface area contributed by atoms with Gasteiger partial charge in [-0.05, 0) is 30.3 Å². The summed E-state index contributed by atoms with van der Waals surface area (Å²) >= 11 is 3.31. The number of hydrogen-bond acceptors (Lipinski definition) is 4. The number of benzene rings is 2. The molecule has 4 rings (SSSR count). The molecule has 1 aliphatic rings. The molecule has 0 saturated carbocycles. The molecule has 6 nitrogen and oxygen atoms in total. The Morgan fingerprint density at radius 3 is 2.46 bits per heavy atom. The topological polar surface area (TPSA) is 70.6 Å². The SMILES string of the molecule is O=C(c1ccnc2ccccc12)N1CCN(S(=O)(=O)c2cccc(Br)c2)CC1. The molecule has 28 heavy (non-hydrogen) atoms. The van der Waals surface area contributed by atoms with Crippen molar-refractivity contribution in [2.45, 2.75) is 4.90 Å². The number of hydrogen-bond donors (Lipinski definition) is 0. The van der Waals surface area contributed by atoms with E-state index in [1.54, 1.807) is 41.4 Å². The molecule has 1 amide bonds. The summed E-state index contributed by atoms with van der Waals surface area (Å²) in [6.45, 7) is 1.23. The highest BCUT2D eigenvalue weighted by molar-refractivity contribution is 9.10. The molecule has 1 fully saturated rings. The van der Waals surface area contributed by atoms with Gasteiger partial charge in [-0.15, -0.1) is 0 Å². The van der Waals surface area contributed by atoms with Gasteiger partial charge in [0.2, 0.25) is 10.0 Å². The number of aromatic nitrogens is 1. The van der Waals surface area contributed by atoms with E-state index in [-0.39, 0.29) is 23.9 Å². The molecule has 1 aromatic heterocycles. The van der Waals surface area contributed by atoms with Gasteiger partial charge in [0.1, 0.15) is 0 Å². The zero-order valence-corrected chi connectivity index (χ0v) is 17.4. The molecule has 144 valence electrons. The Morgan fingerprint density at radius 2 is 1.71 bits per heavy atom. The summed E-state index contributed by atoms with van der Waals surface area (Å²) in [6.07, 6.45) is 1.63. The molecule has 0 unspecified atom stereocenters. The summed E-state index contributed by atoms with van der Waals surface area (Å²) in [6, 6.07) is 15.9. The Balaban J connectivity index is 1.52. The summed E-state index contributed by atoms with van der Waals surface area (Å²) in [5.74, 6) is -0.0990. The van der Waals surface area contributed by atoms with Crippen LogP contribution >= 0.6 is 15.9 Å². The predicted octanol–water partition coefficient (Wildman–Crippen LogP) is 3.14. The van der Waals surface area contributed by atoms with E-state index in [9.17, 15) is 13.2 Å². The smallest absolute Gasteiger partial charge is 0.254 e. The lowest BCUT2D eigenvalue weighted by Gasteiger charge is -2.34. The highest BCUT2D eigenvalue weighted by Gasteiger charge is 2.31. The number of halogens is 1. The van der Waals surface area contributed by atoms with Gasteiger partial charge in [-0.3, -0.25) is 9.78 Å². The average Bonchev–Trinajstić information content (AvgIpc) is 2.73. The van der Waals surface area contributed by atoms with E-state index in [0.29, 0.717) is 23.1 Å². The maximum absolute atomic E-state index is 13.0. The summed E-state index contributed by atoms with van der Waals surface area (Å²) in [4.78, 5) is 19.3. The molecule has 0 radical (unpaired) electrons. The van der Waals surface area contributed by atoms with E-state index in [1.165, 1.54) is 4.31 Å². The fraction of sp³-hybridized carbons (Fsp3) is 0.200. The maximum atomic E-state index is 13.0. The Morgan fingerprint density at radius 1 is 0.964 bits per heavy atom. The lowest BCUT2D eigenvalue weighted by atomic mass is 10.1. The molecule has 0 aliphatic carbocycles. The van der Waals surface area contributed by atoms with E-state index in [1.807, 2.05) is 24.3 Å². The Hall–Kier alpha value is -2.29. The highest BCUT2D eigenvalue weighted by atomic mass is 79.9. The molecule has 0 spiro atoms. The second-order valence-electron chi connectivity index (χ2n) is 6.53. The Bertz CT molecular complexity index is 1140. The molecule has 2 aromatic carbocycles. The molecular weight excluding hydrogens is 442 g/mol. The number of pyridine rings is 1. The number of para-hydroxylation sites is 1. The van der Waals surface area contributed by atoms with Crippen molar-refractivity contribution in [3.63, 3.8) is 0 Å². The standard InChI is InChI=1S/C20H18BrN3O3S/c21-15-4-3-5-16(14-15)28(26,27)24-12-10-23(11-13-24)20(25)18-8-9-22-19-7-2-1-6-17(18)19/h1-9,14H,10-13H2. The largest absolute Gasteiger partial charge is 0.336 e. The number of carbonyl (C=O) groups is 1. The third-order valence-electron chi connectivity index (χ3n) is 4.84. The van der Waals surface area contributed by atoms with E-state index in [0.717, 1.165) is 10.9 Å². The van der Waals surface area contributed by atoms with Gasteiger partial charge in [-0.1, -0.05) is 40.2 Å². The molecule has 0 atom stereocenters. The predicted molar refractivity (Wildman–Crippen MR) is 111 cm³/mol. The van der Waals surface area contributed by atoms with E-state index in [2.05, 4.69) is 20.9 Å². The van der Waals surface area contributed by atoms with Gasteiger partial charge >= 0.3 is 0 Å². The van der Waals surface area contributed by atoms with Gasteiger partial charge in [0.15, 0.2) is 0 Å². The quantitative estimate of drug-likeness (QED) is 0.602. The van der Waals surface area contributed by atoms with Crippen LogP contribution in [0, 0.1) is 0 Å². The minimum absolute atomic E-state index is 0.0990. The van der Waals surface area contributed by atoms with Crippen LogP contribution in [0.5, 0.6) is 0 Å². The van der Waals surface area contributed by atoms with Crippen LogP contribution in [0.25, 0.3) is 10.9 Å². The average molecular weight is 460 g/mol. The van der Waals surface area contributed by atoms with Crippen molar-refractivity contribution in [1.29, 1.82) is 0 Å². The Kier molecular flexibility index (Phi) is 5.18. The van der Waals surface area contributed by atoms with Crippen molar-refractivity contribution in [3.8, 4) is 0 Å². The summed E-state index contributed by atoms with van der Waals surface area (Å²) in [5, 5.41) is 0.805. The van der Waals surface area contributed by atoms with Gasteiger partial charge in [-0.25, -0.2) is 8.42 Å². The Labute approximate surface area is 172 Å². The molecule has 0 bridgehead atoms. The van der Waals surface area contributed by atoms with Gasteiger partial charge < -0.3 is 4.90 Å². The van der Waals surface area contributed by atoms with Crippen LogP contribution in [0.1, 0.15) is 10.4 Å². The van der Waals surface area contributed by atoms with E-state index in [4.69, 9.17) is 0 Å². The molecule has 2 heterocycles. The van der Waals surface area contributed by atoms with Crippen LogP contribution in [0.15, 0.2) is 70.2 Å². The monoisotopic (exact) mass is 459 g/mol. The van der Waals surface area contributed by atoms with Crippen molar-refractivity contribution in [3.05, 3.63) is 70.8 Å². The number of nitrogens with zero attached hydrogens (tertiary/aromatic N) is 3. The minimum atomic E-state index is -3.58. The van der Waals surface area contributed by atoms with Crippen molar-refractivity contribution in [1.82, 2.24) is 14.2 Å². The summed E-state index contributed by atoms with van der Waals surface area (Å²) in [5.41, 5.74) is 1.36. The number of rotatable bonds is 3. The molecule has 3 aromatic rings. The molecule has 0 N–H and O–H groups in total. The number of piperazine rings is 1. The fourth-order valence-corrected chi connectivity index (χ4v) is 5.38. The van der Waals surface area contributed by atoms with E-state index >= 15 is 0 Å².